The van der Waals surface area contributed by atoms with Crippen LogP contribution in [0.1, 0.15) is 22.5 Å². The minimum absolute atomic E-state index is 0.0211. The zero-order chi connectivity index (χ0) is 11.7. The molecule has 1 unspecified atom stereocenters. The van der Waals surface area contributed by atoms with Gasteiger partial charge in [-0.2, -0.15) is 0 Å². The first-order valence-corrected chi connectivity index (χ1v) is 6.55. The lowest BCUT2D eigenvalue weighted by Crippen LogP contribution is -2.42. The van der Waals surface area contributed by atoms with E-state index in [1.807, 2.05) is 0 Å². The van der Waals surface area contributed by atoms with Gasteiger partial charge in [0.25, 0.3) is 5.91 Å². The van der Waals surface area contributed by atoms with Gasteiger partial charge >= 0.3 is 0 Å². The summed E-state index contributed by atoms with van der Waals surface area (Å²) in [5.41, 5.74) is 5.62. The number of likely N-dealkylation sites (tertiary alicyclic amines) is 1. The Kier molecular flexibility index (Phi) is 3.47. The summed E-state index contributed by atoms with van der Waals surface area (Å²) in [5, 5.41) is 0. The third-order valence-electron chi connectivity index (χ3n) is 2.63. The Balaban J connectivity index is 2.18. The van der Waals surface area contributed by atoms with Gasteiger partial charge in [-0.15, -0.1) is 11.3 Å². The van der Waals surface area contributed by atoms with Crippen LogP contribution in [0.4, 0.5) is 0 Å². The van der Waals surface area contributed by atoms with Gasteiger partial charge in [0.2, 0.25) is 0 Å². The topological polar surface area (TPSA) is 46.3 Å². The Hall–Kier alpha value is -0.650. The van der Waals surface area contributed by atoms with Crippen molar-refractivity contribution in [2.75, 3.05) is 6.54 Å². The molecule has 0 spiro atoms. The lowest BCUT2D eigenvalue weighted by atomic mass is 10.2. The summed E-state index contributed by atoms with van der Waals surface area (Å²) < 4.78 is 0.620. The minimum Gasteiger partial charge on any atom is -0.392 e. The van der Waals surface area contributed by atoms with Crippen molar-refractivity contribution < 1.29 is 4.79 Å². The van der Waals surface area contributed by atoms with E-state index in [0.717, 1.165) is 19.4 Å². The van der Waals surface area contributed by atoms with E-state index in [1.54, 1.807) is 17.0 Å². The van der Waals surface area contributed by atoms with Gasteiger partial charge in [-0.25, -0.2) is 0 Å². The summed E-state index contributed by atoms with van der Waals surface area (Å²) in [7, 11) is 0. The maximum Gasteiger partial charge on any atom is 0.264 e. The van der Waals surface area contributed by atoms with E-state index in [0.29, 0.717) is 14.2 Å². The number of thiocarbonyl (C=S) groups is 1. The first kappa shape index (κ1) is 11.8. The molecule has 1 atom stereocenters. The van der Waals surface area contributed by atoms with Crippen LogP contribution in [0.2, 0.25) is 4.34 Å². The first-order chi connectivity index (χ1) is 7.59. The minimum atomic E-state index is -0.0941. The van der Waals surface area contributed by atoms with Crippen LogP contribution in [0.25, 0.3) is 0 Å². The molecule has 2 rings (SSSR count). The Labute approximate surface area is 108 Å². The van der Waals surface area contributed by atoms with Crippen molar-refractivity contribution in [2.45, 2.75) is 18.9 Å². The normalized spacial score (nSPS) is 20.1. The van der Waals surface area contributed by atoms with Gasteiger partial charge in [0.15, 0.2) is 0 Å². The zero-order valence-electron chi connectivity index (χ0n) is 8.48. The fraction of sp³-hybridized carbons (Fsp3) is 0.400. The number of hydrogen-bond donors (Lipinski definition) is 1. The molecule has 0 aliphatic carbocycles. The number of nitrogens with zero attached hydrogens (tertiary/aromatic N) is 1. The predicted octanol–water partition coefficient (Wildman–Crippen LogP) is 2.29. The molecule has 16 heavy (non-hydrogen) atoms. The molecule has 1 amide bonds. The molecule has 1 fully saturated rings. The average Bonchev–Trinajstić information content (AvgIpc) is 2.84. The van der Waals surface area contributed by atoms with Crippen LogP contribution in [0, 0.1) is 0 Å². The number of halogens is 1. The SMILES string of the molecule is NC(=S)C1CCCN1C(=O)c1ccc(Cl)s1. The molecular formula is C10H11ClN2OS2. The number of carbonyl (C=O) groups is 1. The van der Waals surface area contributed by atoms with E-state index in [2.05, 4.69) is 0 Å². The van der Waals surface area contributed by atoms with E-state index in [9.17, 15) is 4.79 Å². The molecule has 0 saturated carbocycles. The summed E-state index contributed by atoms with van der Waals surface area (Å²) in [4.78, 5) is 14.9. The summed E-state index contributed by atoms with van der Waals surface area (Å²) in [6.07, 6.45) is 1.81. The molecule has 1 aliphatic heterocycles. The quantitative estimate of drug-likeness (QED) is 0.842. The summed E-state index contributed by atoms with van der Waals surface area (Å²) >= 11 is 12.1. The highest BCUT2D eigenvalue weighted by Crippen LogP contribution is 2.26. The van der Waals surface area contributed by atoms with Gasteiger partial charge in [-0.1, -0.05) is 23.8 Å². The number of nitrogens with two attached hydrogens (primary N) is 1. The van der Waals surface area contributed by atoms with Crippen molar-refractivity contribution in [1.29, 1.82) is 0 Å². The average molecular weight is 275 g/mol. The van der Waals surface area contributed by atoms with Gasteiger partial charge in [0, 0.05) is 6.54 Å². The molecule has 0 radical (unpaired) electrons. The number of hydrogen-bond acceptors (Lipinski definition) is 3. The van der Waals surface area contributed by atoms with Crippen molar-refractivity contribution in [3.8, 4) is 0 Å². The van der Waals surface area contributed by atoms with Crippen molar-refractivity contribution in [3.63, 3.8) is 0 Å². The number of thiophene rings is 1. The third kappa shape index (κ3) is 2.21. The number of rotatable bonds is 2. The third-order valence-corrected chi connectivity index (χ3v) is 4.12. The van der Waals surface area contributed by atoms with Crippen LogP contribution < -0.4 is 5.73 Å². The Morgan fingerprint density at radius 1 is 1.62 bits per heavy atom. The zero-order valence-corrected chi connectivity index (χ0v) is 10.9. The summed E-state index contributed by atoms with van der Waals surface area (Å²) in [6, 6.07) is 3.37. The molecular weight excluding hydrogens is 264 g/mol. The standard InChI is InChI=1S/C10H11ClN2OS2/c11-8-4-3-7(16-8)10(14)13-5-1-2-6(13)9(12)15/h3-4,6H,1-2,5H2,(H2,12,15). The van der Waals surface area contributed by atoms with Crippen molar-refractivity contribution in [1.82, 2.24) is 4.90 Å². The molecule has 0 bridgehead atoms. The lowest BCUT2D eigenvalue weighted by molar-refractivity contribution is 0.0775. The van der Waals surface area contributed by atoms with Gasteiger partial charge in [0.05, 0.1) is 20.2 Å². The van der Waals surface area contributed by atoms with Gasteiger partial charge in [-0.05, 0) is 25.0 Å². The number of carbonyl (C=O) groups excluding carboxylic acids is 1. The largest absolute Gasteiger partial charge is 0.392 e. The van der Waals surface area contributed by atoms with Crippen LogP contribution in [0.3, 0.4) is 0 Å². The smallest absolute Gasteiger partial charge is 0.264 e. The summed E-state index contributed by atoms with van der Waals surface area (Å²) in [6.45, 7) is 0.719. The monoisotopic (exact) mass is 274 g/mol. The molecule has 1 aromatic rings. The second-order valence-corrected chi connectivity index (χ2v) is 5.85. The highest BCUT2D eigenvalue weighted by Gasteiger charge is 2.31. The van der Waals surface area contributed by atoms with E-state index in [4.69, 9.17) is 29.6 Å². The highest BCUT2D eigenvalue weighted by atomic mass is 35.5. The van der Waals surface area contributed by atoms with E-state index in [1.165, 1.54) is 11.3 Å². The fourth-order valence-electron chi connectivity index (χ4n) is 1.88. The molecule has 2 N–H and O–H groups in total. The van der Waals surface area contributed by atoms with E-state index >= 15 is 0 Å². The van der Waals surface area contributed by atoms with E-state index in [-0.39, 0.29) is 11.9 Å². The second kappa shape index (κ2) is 4.69. The van der Waals surface area contributed by atoms with Crippen LogP contribution in [-0.4, -0.2) is 28.4 Å². The molecule has 3 nitrogen and oxygen atoms in total. The maximum atomic E-state index is 12.1. The molecule has 6 heteroatoms. The van der Waals surface area contributed by atoms with E-state index < -0.39 is 0 Å². The van der Waals surface area contributed by atoms with Gasteiger partial charge < -0.3 is 10.6 Å². The molecule has 1 aromatic heterocycles. The molecule has 86 valence electrons. The molecule has 1 saturated heterocycles. The van der Waals surface area contributed by atoms with Gasteiger partial charge in [-0.3, -0.25) is 4.79 Å². The number of amides is 1. The van der Waals surface area contributed by atoms with Crippen LogP contribution >= 0.6 is 35.2 Å². The van der Waals surface area contributed by atoms with Crippen LogP contribution in [-0.2, 0) is 0 Å². The maximum absolute atomic E-state index is 12.1. The van der Waals surface area contributed by atoms with Gasteiger partial charge in [0.1, 0.15) is 0 Å². The molecule has 0 aromatic carbocycles. The Morgan fingerprint density at radius 2 is 2.38 bits per heavy atom. The highest BCUT2D eigenvalue weighted by molar-refractivity contribution is 7.80. The molecule has 1 aliphatic rings. The van der Waals surface area contributed by atoms with Crippen molar-refractivity contribution >= 4 is 46.1 Å². The predicted molar refractivity (Wildman–Crippen MR) is 70.2 cm³/mol. The Bertz CT molecular complexity index is 432. The Morgan fingerprint density at radius 3 is 2.94 bits per heavy atom. The van der Waals surface area contributed by atoms with Crippen LogP contribution in [0.15, 0.2) is 12.1 Å². The lowest BCUT2D eigenvalue weighted by Gasteiger charge is -2.22. The van der Waals surface area contributed by atoms with Crippen molar-refractivity contribution in [2.24, 2.45) is 5.73 Å². The second-order valence-electron chi connectivity index (χ2n) is 3.66. The first-order valence-electron chi connectivity index (χ1n) is 4.95. The summed E-state index contributed by atoms with van der Waals surface area (Å²) in [5.74, 6) is -0.0211. The fourth-order valence-corrected chi connectivity index (χ4v) is 3.12. The molecule has 2 heterocycles. The van der Waals surface area contributed by atoms with Crippen LogP contribution in [0.5, 0.6) is 0 Å². The van der Waals surface area contributed by atoms with Crippen molar-refractivity contribution in [3.05, 3.63) is 21.3 Å².